The maximum Gasteiger partial charge on any atom is 0.129 e. The molecule has 1 atom stereocenters. The fraction of sp³-hybridized carbons (Fsp3) is 0.455. The Labute approximate surface area is 82.9 Å². The van der Waals surface area contributed by atoms with Crippen molar-refractivity contribution in [3.63, 3.8) is 0 Å². The molecule has 0 aliphatic carbocycles. The van der Waals surface area contributed by atoms with Gasteiger partial charge in [0.1, 0.15) is 12.5 Å². The number of benzene rings is 1. The predicted octanol–water partition coefficient (Wildman–Crippen LogP) is 2.75. The molecule has 1 aromatic rings. The first-order chi connectivity index (χ1) is 6.70. The molecule has 0 saturated heterocycles. The molecule has 0 heterocycles. The zero-order valence-electron chi connectivity index (χ0n) is 8.26. The van der Waals surface area contributed by atoms with Gasteiger partial charge in [-0.25, -0.2) is 8.78 Å². The molecule has 1 unspecified atom stereocenters. The van der Waals surface area contributed by atoms with Crippen molar-refractivity contribution in [2.45, 2.75) is 25.9 Å². The Bertz CT molecular complexity index is 299. The van der Waals surface area contributed by atoms with Crippen LogP contribution in [0.25, 0.3) is 0 Å². The van der Waals surface area contributed by atoms with Gasteiger partial charge >= 0.3 is 0 Å². The summed E-state index contributed by atoms with van der Waals surface area (Å²) in [7, 11) is 0. The van der Waals surface area contributed by atoms with Gasteiger partial charge in [-0.1, -0.05) is 19.1 Å². The lowest BCUT2D eigenvalue weighted by Gasteiger charge is -2.14. The largest absolute Gasteiger partial charge is 0.330 e. The van der Waals surface area contributed by atoms with E-state index in [4.69, 9.17) is 5.73 Å². The van der Waals surface area contributed by atoms with E-state index < -0.39 is 12.5 Å². The summed E-state index contributed by atoms with van der Waals surface area (Å²) in [5.74, 6) is -0.352. The van der Waals surface area contributed by atoms with Crippen molar-refractivity contribution in [3.05, 3.63) is 35.1 Å². The average Bonchev–Trinajstić information content (AvgIpc) is 2.17. The Kier molecular flexibility index (Phi) is 4.01. The first-order valence-corrected chi connectivity index (χ1v) is 4.74. The van der Waals surface area contributed by atoms with Crippen LogP contribution in [0.2, 0.25) is 0 Å². The van der Waals surface area contributed by atoms with Crippen LogP contribution in [0.5, 0.6) is 0 Å². The monoisotopic (exact) mass is 199 g/mol. The first kappa shape index (κ1) is 11.1. The van der Waals surface area contributed by atoms with Gasteiger partial charge in [0.15, 0.2) is 0 Å². The minimum absolute atomic E-state index is 0.112. The average molecular weight is 199 g/mol. The lowest BCUT2D eigenvalue weighted by molar-refractivity contribution is 0.456. The number of rotatable bonds is 4. The molecule has 0 aromatic heterocycles. The molecule has 0 fully saturated rings. The summed E-state index contributed by atoms with van der Waals surface area (Å²) in [6.45, 7) is 1.71. The fourth-order valence-corrected chi connectivity index (χ4v) is 1.58. The Balaban J connectivity index is 3.00. The highest BCUT2D eigenvalue weighted by Gasteiger charge is 2.13. The molecule has 78 valence electrons. The van der Waals surface area contributed by atoms with E-state index in [0.717, 1.165) is 12.0 Å². The highest BCUT2D eigenvalue weighted by Crippen LogP contribution is 2.25. The number of alkyl halides is 1. The maximum absolute atomic E-state index is 13.2. The van der Waals surface area contributed by atoms with E-state index in [-0.39, 0.29) is 11.5 Å². The first-order valence-electron chi connectivity index (χ1n) is 4.74. The summed E-state index contributed by atoms with van der Waals surface area (Å²) in [6.07, 6.45) is 0.746. The van der Waals surface area contributed by atoms with Gasteiger partial charge in [-0.3, -0.25) is 0 Å². The van der Waals surface area contributed by atoms with Crippen LogP contribution < -0.4 is 5.73 Å². The Morgan fingerprint density at radius 3 is 2.71 bits per heavy atom. The van der Waals surface area contributed by atoms with Crippen molar-refractivity contribution in [1.29, 1.82) is 0 Å². The summed E-state index contributed by atoms with van der Waals surface area (Å²) < 4.78 is 25.8. The van der Waals surface area contributed by atoms with Crippen molar-refractivity contribution in [1.82, 2.24) is 0 Å². The summed E-state index contributed by atoms with van der Waals surface area (Å²) in [5, 5.41) is 0. The molecule has 14 heavy (non-hydrogen) atoms. The van der Waals surface area contributed by atoms with Gasteiger partial charge in [0.2, 0.25) is 0 Å². The van der Waals surface area contributed by atoms with Gasteiger partial charge in [-0.05, 0) is 30.5 Å². The normalized spacial score (nSPS) is 12.9. The van der Waals surface area contributed by atoms with Gasteiger partial charge in [-0.15, -0.1) is 0 Å². The number of nitrogens with two attached hydrogens (primary N) is 1. The molecule has 0 saturated carbocycles. The zero-order valence-corrected chi connectivity index (χ0v) is 8.26. The minimum Gasteiger partial charge on any atom is -0.330 e. The molecule has 0 aliphatic heterocycles. The van der Waals surface area contributed by atoms with Crippen molar-refractivity contribution in [3.8, 4) is 0 Å². The Morgan fingerprint density at radius 1 is 1.43 bits per heavy atom. The molecule has 1 nitrogen and oxygen atoms in total. The SMILES string of the molecule is CC(CCN)c1cccc(F)c1CF. The maximum atomic E-state index is 13.2. The summed E-state index contributed by atoms with van der Waals surface area (Å²) in [5.41, 5.74) is 6.32. The molecule has 0 bridgehead atoms. The van der Waals surface area contributed by atoms with Gasteiger partial charge < -0.3 is 5.73 Å². The van der Waals surface area contributed by atoms with E-state index in [1.54, 1.807) is 12.1 Å². The highest BCUT2D eigenvalue weighted by atomic mass is 19.1. The lowest BCUT2D eigenvalue weighted by Crippen LogP contribution is -2.07. The molecule has 3 heteroatoms. The summed E-state index contributed by atoms with van der Waals surface area (Å²) in [6, 6.07) is 4.66. The third kappa shape index (κ3) is 2.29. The Hall–Kier alpha value is -0.960. The van der Waals surface area contributed by atoms with Crippen molar-refractivity contribution < 1.29 is 8.78 Å². The fourth-order valence-electron chi connectivity index (χ4n) is 1.58. The molecule has 0 aliphatic rings. The second kappa shape index (κ2) is 5.05. The van der Waals surface area contributed by atoms with Crippen LogP contribution in [0.4, 0.5) is 8.78 Å². The standard InChI is InChI=1S/C11H15F2N/c1-8(5-6-14)9-3-2-4-11(13)10(9)7-12/h2-4,8H,5-7,14H2,1H3. The number of halogens is 2. The van der Waals surface area contributed by atoms with Crippen molar-refractivity contribution in [2.75, 3.05) is 6.54 Å². The van der Waals surface area contributed by atoms with E-state index in [1.807, 2.05) is 6.92 Å². The van der Waals surface area contributed by atoms with Crippen molar-refractivity contribution >= 4 is 0 Å². The van der Waals surface area contributed by atoms with Gasteiger partial charge in [-0.2, -0.15) is 0 Å². The number of hydrogen-bond donors (Lipinski definition) is 1. The molecule has 0 amide bonds. The third-order valence-corrected chi connectivity index (χ3v) is 2.42. The third-order valence-electron chi connectivity index (χ3n) is 2.42. The van der Waals surface area contributed by atoms with Crippen LogP contribution in [-0.4, -0.2) is 6.54 Å². The van der Waals surface area contributed by atoms with Gasteiger partial charge in [0.05, 0.1) is 0 Å². The summed E-state index contributed by atoms with van der Waals surface area (Å²) in [4.78, 5) is 0. The zero-order chi connectivity index (χ0) is 10.6. The summed E-state index contributed by atoms with van der Waals surface area (Å²) >= 11 is 0. The van der Waals surface area contributed by atoms with Crippen LogP contribution in [0.15, 0.2) is 18.2 Å². The second-order valence-electron chi connectivity index (χ2n) is 3.42. The second-order valence-corrected chi connectivity index (χ2v) is 3.42. The molecule has 1 aromatic carbocycles. The lowest BCUT2D eigenvalue weighted by atomic mass is 9.93. The van der Waals surface area contributed by atoms with Crippen LogP contribution in [-0.2, 0) is 6.67 Å². The molecule has 2 N–H and O–H groups in total. The van der Waals surface area contributed by atoms with E-state index >= 15 is 0 Å². The van der Waals surface area contributed by atoms with E-state index in [1.165, 1.54) is 6.07 Å². The quantitative estimate of drug-likeness (QED) is 0.792. The predicted molar refractivity (Wildman–Crippen MR) is 53.3 cm³/mol. The van der Waals surface area contributed by atoms with Crippen LogP contribution in [0.1, 0.15) is 30.4 Å². The van der Waals surface area contributed by atoms with E-state index in [2.05, 4.69) is 0 Å². The highest BCUT2D eigenvalue weighted by molar-refractivity contribution is 5.30. The topological polar surface area (TPSA) is 26.0 Å². The van der Waals surface area contributed by atoms with Crippen molar-refractivity contribution in [2.24, 2.45) is 5.73 Å². The van der Waals surface area contributed by atoms with Crippen LogP contribution in [0.3, 0.4) is 0 Å². The van der Waals surface area contributed by atoms with E-state index in [0.29, 0.717) is 6.54 Å². The molecular formula is C11H15F2N. The minimum atomic E-state index is -0.753. The molecular weight excluding hydrogens is 184 g/mol. The smallest absolute Gasteiger partial charge is 0.129 e. The van der Waals surface area contributed by atoms with Gasteiger partial charge in [0.25, 0.3) is 0 Å². The van der Waals surface area contributed by atoms with Gasteiger partial charge in [0, 0.05) is 5.56 Å². The molecule has 0 radical (unpaired) electrons. The van der Waals surface area contributed by atoms with Crippen LogP contribution >= 0.6 is 0 Å². The molecule has 1 rings (SSSR count). The number of hydrogen-bond acceptors (Lipinski definition) is 1. The van der Waals surface area contributed by atoms with E-state index in [9.17, 15) is 8.78 Å². The molecule has 0 spiro atoms. The Morgan fingerprint density at radius 2 is 2.14 bits per heavy atom. The van der Waals surface area contributed by atoms with Crippen LogP contribution in [0, 0.1) is 5.82 Å².